The number of hydrogen-bond acceptors (Lipinski definition) is 6. The summed E-state index contributed by atoms with van der Waals surface area (Å²) in [5.41, 5.74) is 8.77. The van der Waals surface area contributed by atoms with Gasteiger partial charge in [0.2, 0.25) is 5.91 Å². The lowest BCUT2D eigenvalue weighted by Gasteiger charge is -2.20. The number of carbonyl (C=O) groups is 1. The predicted octanol–water partition coefficient (Wildman–Crippen LogP) is 6.91. The molecule has 1 aliphatic heterocycles. The van der Waals surface area contributed by atoms with E-state index in [9.17, 15) is 9.18 Å². The van der Waals surface area contributed by atoms with E-state index in [1.54, 1.807) is 24.5 Å². The van der Waals surface area contributed by atoms with Crippen LogP contribution in [0, 0.1) is 5.82 Å². The number of pyridine rings is 1. The maximum atomic E-state index is 14.5. The fraction of sp³-hybridized carbons (Fsp3) is 0.200. The van der Waals surface area contributed by atoms with Gasteiger partial charge in [-0.25, -0.2) is 9.37 Å². The maximum absolute atomic E-state index is 14.5. The Kier molecular flexibility index (Phi) is 8.60. The third kappa shape index (κ3) is 6.08. The largest absolute Gasteiger partial charge is 0.490 e. The molecule has 0 unspecified atom stereocenters. The number of halogens is 1. The summed E-state index contributed by atoms with van der Waals surface area (Å²) in [5.74, 6) is -0.190. The van der Waals surface area contributed by atoms with Gasteiger partial charge in [0.25, 0.3) is 0 Å². The lowest BCUT2D eigenvalue weighted by molar-refractivity contribution is -0.116. The van der Waals surface area contributed by atoms with Crippen molar-refractivity contribution in [3.63, 3.8) is 0 Å². The highest BCUT2D eigenvalue weighted by Gasteiger charge is 2.23. The molecule has 1 aliphatic rings. The van der Waals surface area contributed by atoms with Crippen LogP contribution in [-0.4, -0.2) is 37.8 Å². The number of rotatable bonds is 10. The van der Waals surface area contributed by atoms with Crippen LogP contribution >= 0.6 is 11.3 Å². The molecule has 6 rings (SSSR count). The van der Waals surface area contributed by atoms with E-state index >= 15 is 0 Å². The van der Waals surface area contributed by atoms with Crippen molar-refractivity contribution < 1.29 is 18.7 Å². The van der Waals surface area contributed by atoms with Crippen molar-refractivity contribution in [2.24, 2.45) is 0 Å². The second-order valence-electron chi connectivity index (χ2n) is 10.4. The number of fused-ring (bicyclic) bond motifs is 2. The van der Waals surface area contributed by atoms with Gasteiger partial charge in [-0.3, -0.25) is 4.79 Å². The molecule has 0 saturated carbocycles. The SMILES string of the molecule is C=CC(=O)NCc1cccc(-c2nc(-c3ccc4c(c3)CCNC4)c3ccsc3c2-c2ccc(F)cc2OCCOC)c1. The molecule has 2 aromatic heterocycles. The van der Waals surface area contributed by atoms with Crippen LogP contribution in [0.2, 0.25) is 0 Å². The molecular weight excluding hydrogens is 561 g/mol. The monoisotopic (exact) mass is 593 g/mol. The molecule has 3 heterocycles. The van der Waals surface area contributed by atoms with Crippen LogP contribution in [-0.2, 0) is 29.0 Å². The molecule has 3 aromatic carbocycles. The second kappa shape index (κ2) is 12.9. The molecule has 0 radical (unpaired) electrons. The van der Waals surface area contributed by atoms with Crippen molar-refractivity contribution in [3.8, 4) is 39.4 Å². The number of ether oxygens (including phenoxy) is 2. The zero-order valence-corrected chi connectivity index (χ0v) is 24.7. The van der Waals surface area contributed by atoms with Gasteiger partial charge in [-0.05, 0) is 71.4 Å². The highest BCUT2D eigenvalue weighted by atomic mass is 32.1. The third-order valence-electron chi connectivity index (χ3n) is 7.58. The van der Waals surface area contributed by atoms with Crippen molar-refractivity contribution in [2.45, 2.75) is 19.5 Å². The van der Waals surface area contributed by atoms with Crippen LogP contribution in [0.1, 0.15) is 16.7 Å². The molecule has 0 spiro atoms. The predicted molar refractivity (Wildman–Crippen MR) is 171 cm³/mol. The first kappa shape index (κ1) is 28.7. The summed E-state index contributed by atoms with van der Waals surface area (Å²) in [4.78, 5) is 17.2. The molecule has 5 aromatic rings. The number of methoxy groups -OCH3 is 1. The number of hydrogen-bond donors (Lipinski definition) is 2. The zero-order valence-electron chi connectivity index (χ0n) is 23.9. The summed E-state index contributed by atoms with van der Waals surface area (Å²) in [7, 11) is 1.60. The smallest absolute Gasteiger partial charge is 0.243 e. The summed E-state index contributed by atoms with van der Waals surface area (Å²) in [6.45, 7) is 6.37. The first-order chi connectivity index (χ1) is 21.1. The molecule has 0 bridgehead atoms. The van der Waals surface area contributed by atoms with E-state index < -0.39 is 0 Å². The highest BCUT2D eigenvalue weighted by molar-refractivity contribution is 7.18. The summed E-state index contributed by atoms with van der Waals surface area (Å²) in [6, 6.07) is 21.3. The molecule has 0 fully saturated rings. The Morgan fingerprint density at radius 2 is 1.95 bits per heavy atom. The molecule has 43 heavy (non-hydrogen) atoms. The van der Waals surface area contributed by atoms with E-state index in [1.165, 1.54) is 29.3 Å². The first-order valence-corrected chi connectivity index (χ1v) is 15.1. The Balaban J connectivity index is 1.57. The van der Waals surface area contributed by atoms with Gasteiger partial charge in [0.15, 0.2) is 0 Å². The van der Waals surface area contributed by atoms with Crippen LogP contribution in [0.25, 0.3) is 43.7 Å². The second-order valence-corrected chi connectivity index (χ2v) is 11.3. The number of carbonyl (C=O) groups excluding carboxylic acids is 1. The molecular formula is C35H32FN3O3S. The van der Waals surface area contributed by atoms with Crippen LogP contribution < -0.4 is 15.4 Å². The van der Waals surface area contributed by atoms with Crippen LogP contribution in [0.4, 0.5) is 4.39 Å². The lowest BCUT2D eigenvalue weighted by Crippen LogP contribution is -2.23. The van der Waals surface area contributed by atoms with Gasteiger partial charge in [0.05, 0.1) is 18.0 Å². The molecule has 0 atom stereocenters. The summed E-state index contributed by atoms with van der Waals surface area (Å²) in [5, 5.41) is 9.40. The summed E-state index contributed by atoms with van der Waals surface area (Å²) in [6.07, 6.45) is 2.23. The normalized spacial score (nSPS) is 12.6. The average molecular weight is 594 g/mol. The summed E-state index contributed by atoms with van der Waals surface area (Å²) >= 11 is 1.63. The Bertz CT molecular complexity index is 1820. The Morgan fingerprint density at radius 3 is 2.81 bits per heavy atom. The van der Waals surface area contributed by atoms with Gasteiger partial charge in [-0.1, -0.05) is 36.9 Å². The Morgan fingerprint density at radius 1 is 1.07 bits per heavy atom. The van der Waals surface area contributed by atoms with Gasteiger partial charge < -0.3 is 20.1 Å². The molecule has 6 nitrogen and oxygen atoms in total. The molecule has 1 amide bonds. The zero-order chi connectivity index (χ0) is 29.8. The third-order valence-corrected chi connectivity index (χ3v) is 8.52. The fourth-order valence-corrected chi connectivity index (χ4v) is 6.43. The van der Waals surface area contributed by atoms with E-state index in [4.69, 9.17) is 14.5 Å². The van der Waals surface area contributed by atoms with E-state index in [0.29, 0.717) is 18.9 Å². The van der Waals surface area contributed by atoms with Gasteiger partial charge in [-0.2, -0.15) is 0 Å². The number of benzene rings is 3. The minimum atomic E-state index is -0.381. The van der Waals surface area contributed by atoms with E-state index in [0.717, 1.165) is 68.8 Å². The minimum absolute atomic E-state index is 0.238. The van der Waals surface area contributed by atoms with Gasteiger partial charge >= 0.3 is 0 Å². The Labute approximate surface area is 254 Å². The highest BCUT2D eigenvalue weighted by Crippen LogP contribution is 2.46. The van der Waals surface area contributed by atoms with E-state index in [-0.39, 0.29) is 18.3 Å². The van der Waals surface area contributed by atoms with Gasteiger partial charge in [0.1, 0.15) is 18.2 Å². The molecule has 8 heteroatoms. The first-order valence-electron chi connectivity index (χ1n) is 14.2. The van der Waals surface area contributed by atoms with E-state index in [2.05, 4.69) is 46.9 Å². The van der Waals surface area contributed by atoms with Crippen molar-refractivity contribution in [2.75, 3.05) is 26.9 Å². The van der Waals surface area contributed by atoms with Crippen LogP contribution in [0.15, 0.2) is 84.8 Å². The van der Waals surface area contributed by atoms with Crippen molar-refractivity contribution in [1.29, 1.82) is 0 Å². The Hall–Kier alpha value is -4.37. The number of nitrogens with one attached hydrogen (secondary N) is 2. The number of thiophene rings is 1. The molecule has 218 valence electrons. The number of aromatic nitrogens is 1. The number of amides is 1. The number of nitrogens with zero attached hydrogens (tertiary/aromatic N) is 1. The van der Waals surface area contributed by atoms with Crippen LogP contribution in [0.3, 0.4) is 0 Å². The lowest BCUT2D eigenvalue weighted by atomic mass is 9.93. The van der Waals surface area contributed by atoms with Crippen molar-refractivity contribution in [3.05, 3.63) is 107 Å². The van der Waals surface area contributed by atoms with Gasteiger partial charge in [0, 0.05) is 58.6 Å². The molecule has 0 saturated heterocycles. The minimum Gasteiger partial charge on any atom is -0.490 e. The van der Waals surface area contributed by atoms with E-state index in [1.807, 2.05) is 24.3 Å². The topological polar surface area (TPSA) is 72.5 Å². The maximum Gasteiger partial charge on any atom is 0.243 e. The van der Waals surface area contributed by atoms with Crippen molar-refractivity contribution >= 4 is 27.3 Å². The van der Waals surface area contributed by atoms with Gasteiger partial charge in [-0.15, -0.1) is 11.3 Å². The quantitative estimate of drug-likeness (QED) is 0.136. The average Bonchev–Trinajstić information content (AvgIpc) is 3.53. The fourth-order valence-electron chi connectivity index (χ4n) is 5.48. The van der Waals surface area contributed by atoms with Crippen LogP contribution in [0.5, 0.6) is 5.75 Å². The van der Waals surface area contributed by atoms with Crippen molar-refractivity contribution in [1.82, 2.24) is 15.6 Å². The molecule has 0 aliphatic carbocycles. The molecule has 2 N–H and O–H groups in total. The summed E-state index contributed by atoms with van der Waals surface area (Å²) < 4.78 is 26.8. The standard InChI is InChI=1S/C35H32FN3O3S/c1-3-31(40)38-20-22-5-4-6-24(17-22)34-32(28-10-9-27(36)19-30(28)42-15-14-41-2)35-29(12-16-43-35)33(39-34)25-7-8-26-21-37-13-11-23(26)18-25/h3-10,12,16-19,37H,1,11,13-15,20-21H2,2H3,(H,38,40).